The monoisotopic (exact) mass is 390 g/mol. The van der Waals surface area contributed by atoms with Crippen molar-refractivity contribution in [2.24, 2.45) is 0 Å². The van der Waals surface area contributed by atoms with Crippen LogP contribution in [0.25, 0.3) is 0 Å². The molecule has 0 atom stereocenters. The van der Waals surface area contributed by atoms with Gasteiger partial charge in [-0.3, -0.25) is 0 Å². The standard InChI is InChI=1S/C8H8I2O2/c9-7-1-5(3-11)8(10)2-6(7)4-12/h1-2,11-12H,3-4H2. The number of aliphatic hydroxyl groups is 2. The van der Waals surface area contributed by atoms with E-state index in [0.717, 1.165) is 18.3 Å². The van der Waals surface area contributed by atoms with Crippen molar-refractivity contribution in [3.05, 3.63) is 30.4 Å². The van der Waals surface area contributed by atoms with Crippen LogP contribution in [0.15, 0.2) is 12.1 Å². The minimum Gasteiger partial charge on any atom is -0.392 e. The molecule has 0 unspecified atom stereocenters. The molecule has 0 fully saturated rings. The van der Waals surface area contributed by atoms with E-state index in [2.05, 4.69) is 45.2 Å². The number of benzene rings is 1. The molecular weight excluding hydrogens is 382 g/mol. The van der Waals surface area contributed by atoms with Gasteiger partial charge in [-0.1, -0.05) is 0 Å². The van der Waals surface area contributed by atoms with Crippen LogP contribution in [0.2, 0.25) is 0 Å². The van der Waals surface area contributed by atoms with Crippen LogP contribution in [0.5, 0.6) is 0 Å². The summed E-state index contributed by atoms with van der Waals surface area (Å²) in [5.74, 6) is 0. The van der Waals surface area contributed by atoms with Gasteiger partial charge in [0.2, 0.25) is 0 Å². The van der Waals surface area contributed by atoms with Gasteiger partial charge in [0.15, 0.2) is 0 Å². The molecule has 2 nitrogen and oxygen atoms in total. The van der Waals surface area contributed by atoms with Crippen molar-refractivity contribution in [3.8, 4) is 0 Å². The zero-order chi connectivity index (χ0) is 9.14. The number of rotatable bonds is 2. The fraction of sp³-hybridized carbons (Fsp3) is 0.250. The van der Waals surface area contributed by atoms with Crippen molar-refractivity contribution < 1.29 is 10.2 Å². The van der Waals surface area contributed by atoms with E-state index in [1.165, 1.54) is 0 Å². The van der Waals surface area contributed by atoms with Gasteiger partial charge in [-0.05, 0) is 68.4 Å². The van der Waals surface area contributed by atoms with Crippen LogP contribution in [0, 0.1) is 7.14 Å². The molecule has 0 heterocycles. The maximum Gasteiger partial charge on any atom is 0.0692 e. The summed E-state index contributed by atoms with van der Waals surface area (Å²) in [7, 11) is 0. The van der Waals surface area contributed by atoms with E-state index in [-0.39, 0.29) is 13.2 Å². The summed E-state index contributed by atoms with van der Waals surface area (Å²) in [6.45, 7) is 0.111. The summed E-state index contributed by atoms with van der Waals surface area (Å²) in [4.78, 5) is 0. The third-order valence-corrected chi connectivity index (χ3v) is 3.56. The molecule has 0 radical (unpaired) electrons. The second-order valence-corrected chi connectivity index (χ2v) is 4.68. The fourth-order valence-corrected chi connectivity index (χ4v) is 2.28. The minimum atomic E-state index is 0.0555. The van der Waals surface area contributed by atoms with Crippen molar-refractivity contribution in [1.29, 1.82) is 0 Å². The molecular formula is C8H8I2O2. The summed E-state index contributed by atoms with van der Waals surface area (Å²) in [6, 6.07) is 3.79. The quantitative estimate of drug-likeness (QED) is 0.758. The highest BCUT2D eigenvalue weighted by molar-refractivity contribution is 14.1. The Kier molecular flexibility index (Phi) is 4.21. The highest BCUT2D eigenvalue weighted by atomic mass is 127. The minimum absolute atomic E-state index is 0.0555. The van der Waals surface area contributed by atoms with Crippen LogP contribution >= 0.6 is 45.2 Å². The maximum absolute atomic E-state index is 8.94. The van der Waals surface area contributed by atoms with Gasteiger partial charge in [0.05, 0.1) is 13.2 Å². The molecule has 0 saturated carbocycles. The number of hydrogen-bond donors (Lipinski definition) is 2. The largest absolute Gasteiger partial charge is 0.392 e. The topological polar surface area (TPSA) is 40.5 Å². The molecule has 4 heteroatoms. The lowest BCUT2D eigenvalue weighted by Gasteiger charge is -2.05. The van der Waals surface area contributed by atoms with E-state index in [1.54, 1.807) is 0 Å². The first-order valence-electron chi connectivity index (χ1n) is 3.37. The average Bonchev–Trinajstić information content (AvgIpc) is 2.08. The van der Waals surface area contributed by atoms with Gasteiger partial charge in [-0.25, -0.2) is 0 Å². The third kappa shape index (κ3) is 2.30. The van der Waals surface area contributed by atoms with Gasteiger partial charge < -0.3 is 10.2 Å². The fourth-order valence-electron chi connectivity index (χ4n) is 0.872. The molecule has 1 aromatic carbocycles. The van der Waals surface area contributed by atoms with Crippen LogP contribution in [-0.2, 0) is 13.2 Å². The average molecular weight is 390 g/mol. The highest BCUT2D eigenvalue weighted by Gasteiger charge is 2.04. The van der Waals surface area contributed by atoms with Crippen molar-refractivity contribution >= 4 is 45.2 Å². The number of hydrogen-bond acceptors (Lipinski definition) is 2. The van der Waals surface area contributed by atoms with Crippen molar-refractivity contribution in [3.63, 3.8) is 0 Å². The van der Waals surface area contributed by atoms with Gasteiger partial charge >= 0.3 is 0 Å². The lowest BCUT2D eigenvalue weighted by molar-refractivity contribution is 0.276. The van der Waals surface area contributed by atoms with E-state index in [1.807, 2.05) is 12.1 Å². The van der Waals surface area contributed by atoms with Crippen LogP contribution in [0.3, 0.4) is 0 Å². The molecule has 12 heavy (non-hydrogen) atoms. The lowest BCUT2D eigenvalue weighted by Crippen LogP contribution is -1.95. The molecule has 0 saturated heterocycles. The Morgan fingerprint density at radius 1 is 0.917 bits per heavy atom. The highest BCUT2D eigenvalue weighted by Crippen LogP contribution is 2.20. The van der Waals surface area contributed by atoms with Gasteiger partial charge in [0.25, 0.3) is 0 Å². The van der Waals surface area contributed by atoms with Crippen molar-refractivity contribution in [1.82, 2.24) is 0 Å². The molecule has 66 valence electrons. The van der Waals surface area contributed by atoms with Crippen LogP contribution < -0.4 is 0 Å². The first-order valence-corrected chi connectivity index (χ1v) is 5.53. The van der Waals surface area contributed by atoms with Crippen molar-refractivity contribution in [2.75, 3.05) is 0 Å². The van der Waals surface area contributed by atoms with E-state index in [0.29, 0.717) is 0 Å². The molecule has 1 aromatic rings. The summed E-state index contributed by atoms with van der Waals surface area (Å²) >= 11 is 4.30. The van der Waals surface area contributed by atoms with Crippen LogP contribution in [-0.4, -0.2) is 10.2 Å². The van der Waals surface area contributed by atoms with E-state index >= 15 is 0 Å². The first-order chi connectivity index (χ1) is 5.69. The molecule has 0 aliphatic heterocycles. The smallest absolute Gasteiger partial charge is 0.0692 e. The van der Waals surface area contributed by atoms with Crippen molar-refractivity contribution in [2.45, 2.75) is 13.2 Å². The lowest BCUT2D eigenvalue weighted by atomic mass is 10.1. The molecule has 1 rings (SSSR count). The predicted octanol–water partition coefficient (Wildman–Crippen LogP) is 1.88. The Balaban J connectivity index is 3.16. The second-order valence-electron chi connectivity index (χ2n) is 2.35. The SMILES string of the molecule is OCc1cc(I)c(CO)cc1I. The Bertz CT molecular complexity index is 257. The molecule has 0 aliphatic rings. The predicted molar refractivity (Wildman–Crippen MR) is 63.7 cm³/mol. The van der Waals surface area contributed by atoms with Gasteiger partial charge in [-0.2, -0.15) is 0 Å². The zero-order valence-corrected chi connectivity index (χ0v) is 10.5. The summed E-state index contributed by atoms with van der Waals surface area (Å²) < 4.78 is 2.00. The van der Waals surface area contributed by atoms with Gasteiger partial charge in [0, 0.05) is 7.14 Å². The van der Waals surface area contributed by atoms with Crippen LogP contribution in [0.1, 0.15) is 11.1 Å². The Morgan fingerprint density at radius 2 is 1.25 bits per heavy atom. The third-order valence-electron chi connectivity index (χ3n) is 1.56. The second kappa shape index (κ2) is 4.73. The number of halogens is 2. The zero-order valence-electron chi connectivity index (χ0n) is 6.22. The normalized spacial score (nSPS) is 10.3. The number of aliphatic hydroxyl groups excluding tert-OH is 2. The molecule has 0 aliphatic carbocycles. The molecule has 0 aromatic heterocycles. The van der Waals surface area contributed by atoms with E-state index in [4.69, 9.17) is 10.2 Å². The van der Waals surface area contributed by atoms with E-state index < -0.39 is 0 Å². The Morgan fingerprint density at radius 3 is 1.50 bits per heavy atom. The van der Waals surface area contributed by atoms with E-state index in [9.17, 15) is 0 Å². The molecule has 0 bridgehead atoms. The Hall–Kier alpha value is 0.600. The maximum atomic E-state index is 8.94. The van der Waals surface area contributed by atoms with Gasteiger partial charge in [-0.15, -0.1) is 0 Å². The summed E-state index contributed by atoms with van der Waals surface area (Å²) in [5.41, 5.74) is 1.83. The molecule has 0 spiro atoms. The Labute approximate surface area is 98.3 Å². The first kappa shape index (κ1) is 10.7. The summed E-state index contributed by atoms with van der Waals surface area (Å²) in [6.07, 6.45) is 0. The van der Waals surface area contributed by atoms with Crippen LogP contribution in [0.4, 0.5) is 0 Å². The van der Waals surface area contributed by atoms with Gasteiger partial charge in [0.1, 0.15) is 0 Å². The molecule has 2 N–H and O–H groups in total. The summed E-state index contributed by atoms with van der Waals surface area (Å²) in [5, 5.41) is 17.9. The molecule has 0 amide bonds.